The second-order valence-corrected chi connectivity index (χ2v) is 5.23. The van der Waals surface area contributed by atoms with E-state index in [0.29, 0.717) is 6.67 Å². The standard InChI is InChI=1S/C14H13N3OS/c1-11-7-8-19-13(11)14(18)16-9-15-17(10-16)12-5-3-2-4-6-12/h2-9H,10H2,1H3. The number of rotatable bonds is 2. The molecular formula is C14H13N3OS. The summed E-state index contributed by atoms with van der Waals surface area (Å²) in [4.78, 5) is 14.7. The van der Waals surface area contributed by atoms with Crippen molar-refractivity contribution < 1.29 is 4.79 Å². The van der Waals surface area contributed by atoms with Crippen LogP contribution in [0, 0.1) is 6.92 Å². The molecule has 0 saturated carbocycles. The summed E-state index contributed by atoms with van der Waals surface area (Å²) in [5.74, 6) is 0.00896. The molecule has 2 heterocycles. The summed E-state index contributed by atoms with van der Waals surface area (Å²) in [5.41, 5.74) is 2.00. The van der Waals surface area contributed by atoms with E-state index in [1.807, 2.05) is 48.7 Å². The predicted octanol–water partition coefficient (Wildman–Crippen LogP) is 2.92. The summed E-state index contributed by atoms with van der Waals surface area (Å²) in [6.07, 6.45) is 1.59. The first-order chi connectivity index (χ1) is 9.25. The number of hydrazone groups is 1. The first-order valence-corrected chi connectivity index (χ1v) is 6.85. The molecule has 2 aromatic rings. The Labute approximate surface area is 115 Å². The van der Waals surface area contributed by atoms with Crippen molar-refractivity contribution in [2.75, 3.05) is 11.7 Å². The maximum Gasteiger partial charge on any atom is 0.270 e. The Morgan fingerprint density at radius 2 is 2.05 bits per heavy atom. The normalized spacial score (nSPS) is 14.2. The summed E-state index contributed by atoms with van der Waals surface area (Å²) in [7, 11) is 0. The maximum absolute atomic E-state index is 12.3. The van der Waals surface area contributed by atoms with Gasteiger partial charge in [0.25, 0.3) is 5.91 Å². The summed E-state index contributed by atoms with van der Waals surface area (Å²) in [5, 5.41) is 8.01. The van der Waals surface area contributed by atoms with Gasteiger partial charge in [0, 0.05) is 0 Å². The minimum Gasteiger partial charge on any atom is -0.276 e. The van der Waals surface area contributed by atoms with Crippen molar-refractivity contribution in [3.8, 4) is 0 Å². The maximum atomic E-state index is 12.3. The number of anilines is 1. The third-order valence-electron chi connectivity index (χ3n) is 2.99. The highest BCUT2D eigenvalue weighted by Crippen LogP contribution is 2.21. The molecule has 96 valence electrons. The minimum absolute atomic E-state index is 0.00896. The number of para-hydroxylation sites is 1. The molecule has 0 radical (unpaired) electrons. The van der Waals surface area contributed by atoms with E-state index in [2.05, 4.69) is 5.10 Å². The number of carbonyl (C=O) groups is 1. The van der Waals surface area contributed by atoms with Crippen LogP contribution in [0.25, 0.3) is 0 Å². The molecule has 0 aliphatic carbocycles. The molecule has 0 N–H and O–H groups in total. The Morgan fingerprint density at radius 1 is 1.26 bits per heavy atom. The lowest BCUT2D eigenvalue weighted by Crippen LogP contribution is -2.32. The van der Waals surface area contributed by atoms with E-state index < -0.39 is 0 Å². The zero-order valence-electron chi connectivity index (χ0n) is 10.5. The fourth-order valence-corrected chi connectivity index (χ4v) is 2.81. The van der Waals surface area contributed by atoms with Crippen LogP contribution in [0.1, 0.15) is 15.2 Å². The summed E-state index contributed by atoms with van der Waals surface area (Å²) in [6.45, 7) is 2.41. The van der Waals surface area contributed by atoms with E-state index in [0.717, 1.165) is 16.1 Å². The number of carbonyl (C=O) groups excluding carboxylic acids is 1. The van der Waals surface area contributed by atoms with E-state index in [1.54, 1.807) is 16.2 Å². The SMILES string of the molecule is Cc1ccsc1C(=O)N1C=NN(c2ccccc2)C1. The van der Waals surface area contributed by atoms with Crippen LogP contribution in [0.2, 0.25) is 0 Å². The van der Waals surface area contributed by atoms with Gasteiger partial charge in [0.15, 0.2) is 0 Å². The Morgan fingerprint density at radius 3 is 2.74 bits per heavy atom. The van der Waals surface area contributed by atoms with Crippen molar-refractivity contribution in [2.45, 2.75) is 6.92 Å². The zero-order valence-corrected chi connectivity index (χ0v) is 11.3. The van der Waals surface area contributed by atoms with E-state index >= 15 is 0 Å². The molecule has 1 aliphatic heterocycles. The van der Waals surface area contributed by atoms with Crippen LogP contribution in [0.5, 0.6) is 0 Å². The van der Waals surface area contributed by atoms with E-state index in [-0.39, 0.29) is 5.91 Å². The molecule has 0 spiro atoms. The average Bonchev–Trinajstić information content (AvgIpc) is 3.08. The lowest BCUT2D eigenvalue weighted by Gasteiger charge is -2.17. The first-order valence-electron chi connectivity index (χ1n) is 5.97. The fraction of sp³-hybridized carbons (Fsp3) is 0.143. The number of hydrogen-bond acceptors (Lipinski definition) is 4. The molecular weight excluding hydrogens is 258 g/mol. The van der Waals surface area contributed by atoms with Gasteiger partial charge in [-0.1, -0.05) is 18.2 Å². The van der Waals surface area contributed by atoms with Gasteiger partial charge in [-0.25, -0.2) is 5.01 Å². The van der Waals surface area contributed by atoms with Crippen LogP contribution in [0.3, 0.4) is 0 Å². The molecule has 1 amide bonds. The molecule has 0 saturated heterocycles. The van der Waals surface area contributed by atoms with Crippen molar-refractivity contribution in [2.24, 2.45) is 5.10 Å². The van der Waals surface area contributed by atoms with Crippen LogP contribution < -0.4 is 5.01 Å². The van der Waals surface area contributed by atoms with Gasteiger partial charge in [0.1, 0.15) is 13.0 Å². The Kier molecular flexibility index (Phi) is 3.05. The van der Waals surface area contributed by atoms with E-state index in [4.69, 9.17) is 0 Å². The van der Waals surface area contributed by atoms with Gasteiger partial charge in [0.2, 0.25) is 0 Å². The van der Waals surface area contributed by atoms with Crippen LogP contribution in [-0.4, -0.2) is 23.8 Å². The number of nitrogens with zero attached hydrogens (tertiary/aromatic N) is 3. The van der Waals surface area contributed by atoms with Crippen molar-refractivity contribution in [1.82, 2.24) is 4.90 Å². The van der Waals surface area contributed by atoms with Crippen molar-refractivity contribution in [1.29, 1.82) is 0 Å². The van der Waals surface area contributed by atoms with Gasteiger partial charge in [-0.3, -0.25) is 9.69 Å². The van der Waals surface area contributed by atoms with Gasteiger partial charge in [-0.15, -0.1) is 11.3 Å². The molecule has 4 nitrogen and oxygen atoms in total. The topological polar surface area (TPSA) is 35.9 Å². The molecule has 0 unspecified atom stereocenters. The van der Waals surface area contributed by atoms with Gasteiger partial charge in [0.05, 0.1) is 10.6 Å². The molecule has 1 aromatic heterocycles. The lowest BCUT2D eigenvalue weighted by molar-refractivity contribution is 0.0864. The molecule has 0 atom stereocenters. The van der Waals surface area contributed by atoms with Gasteiger partial charge < -0.3 is 0 Å². The molecule has 0 fully saturated rings. The minimum atomic E-state index is 0.00896. The van der Waals surface area contributed by atoms with Gasteiger partial charge in [-0.2, -0.15) is 5.10 Å². The lowest BCUT2D eigenvalue weighted by atomic mass is 10.3. The highest BCUT2D eigenvalue weighted by Gasteiger charge is 2.24. The third-order valence-corrected chi connectivity index (χ3v) is 3.99. The number of aryl methyl sites for hydroxylation is 1. The predicted molar refractivity (Wildman–Crippen MR) is 77.5 cm³/mol. The monoisotopic (exact) mass is 271 g/mol. The van der Waals surface area contributed by atoms with E-state index in [9.17, 15) is 4.79 Å². The summed E-state index contributed by atoms with van der Waals surface area (Å²) in [6, 6.07) is 11.8. The van der Waals surface area contributed by atoms with Crippen LogP contribution in [0.4, 0.5) is 5.69 Å². The van der Waals surface area contributed by atoms with Crippen LogP contribution >= 0.6 is 11.3 Å². The second-order valence-electron chi connectivity index (χ2n) is 4.32. The molecule has 19 heavy (non-hydrogen) atoms. The highest BCUT2D eigenvalue weighted by molar-refractivity contribution is 7.12. The Bertz CT molecular complexity index is 621. The smallest absolute Gasteiger partial charge is 0.270 e. The highest BCUT2D eigenvalue weighted by atomic mass is 32.1. The largest absolute Gasteiger partial charge is 0.276 e. The van der Waals surface area contributed by atoms with Crippen LogP contribution in [-0.2, 0) is 0 Å². The van der Waals surface area contributed by atoms with Crippen molar-refractivity contribution >= 4 is 29.3 Å². The quantitative estimate of drug-likeness (QED) is 0.842. The second kappa shape index (κ2) is 4.85. The molecule has 1 aromatic carbocycles. The zero-order chi connectivity index (χ0) is 13.2. The van der Waals surface area contributed by atoms with Crippen LogP contribution in [0.15, 0.2) is 46.9 Å². The summed E-state index contributed by atoms with van der Waals surface area (Å²) < 4.78 is 0. The molecule has 3 rings (SSSR count). The summed E-state index contributed by atoms with van der Waals surface area (Å²) >= 11 is 1.47. The van der Waals surface area contributed by atoms with Gasteiger partial charge >= 0.3 is 0 Å². The molecule has 5 heteroatoms. The first kappa shape index (κ1) is 11.9. The third kappa shape index (κ3) is 2.24. The molecule has 0 bridgehead atoms. The molecule has 1 aliphatic rings. The van der Waals surface area contributed by atoms with Crippen molar-refractivity contribution in [3.05, 3.63) is 52.2 Å². The average molecular weight is 271 g/mol. The number of hydrogen-bond donors (Lipinski definition) is 0. The Balaban J connectivity index is 1.76. The van der Waals surface area contributed by atoms with E-state index in [1.165, 1.54) is 11.3 Å². The number of benzene rings is 1. The van der Waals surface area contributed by atoms with Crippen molar-refractivity contribution in [3.63, 3.8) is 0 Å². The number of amides is 1. The number of thiophene rings is 1. The fourth-order valence-electron chi connectivity index (χ4n) is 1.93. The van der Waals surface area contributed by atoms with Gasteiger partial charge in [-0.05, 0) is 36.1 Å². The Hall–Kier alpha value is -2.14.